The van der Waals surface area contributed by atoms with Gasteiger partial charge in [0, 0.05) is 5.41 Å². The van der Waals surface area contributed by atoms with E-state index in [4.69, 9.17) is 4.74 Å². The average Bonchev–Trinajstić information content (AvgIpc) is 2.77. The minimum atomic E-state index is -0.0840. The highest BCUT2D eigenvalue weighted by atomic mass is 79.9. The van der Waals surface area contributed by atoms with Crippen molar-refractivity contribution < 1.29 is 9.53 Å². The molecule has 4 rings (SSSR count). The summed E-state index contributed by atoms with van der Waals surface area (Å²) < 4.78 is 5.38. The molecule has 3 heteroatoms. The monoisotopic (exact) mass is 362 g/mol. The molecule has 0 N–H and O–H groups in total. The third-order valence-electron chi connectivity index (χ3n) is 6.63. The summed E-state index contributed by atoms with van der Waals surface area (Å²) >= 11 is 3.63. The Bertz CT molecular complexity index is 626. The molecule has 1 aromatic rings. The number of carbonyl (C=O) groups excluding carboxylic acids is 1. The van der Waals surface area contributed by atoms with Gasteiger partial charge < -0.3 is 4.74 Å². The predicted molar refractivity (Wildman–Crippen MR) is 90.7 cm³/mol. The van der Waals surface area contributed by atoms with Crippen LogP contribution in [0.25, 0.3) is 0 Å². The topological polar surface area (TPSA) is 26.3 Å². The second-order valence-electron chi connectivity index (χ2n) is 7.50. The molecule has 0 aliphatic heterocycles. The number of Topliss-reactive ketones (excluding diaryl/α,β-unsaturated/α-hetero) is 1. The molecule has 0 unspecified atom stereocenters. The molecular formula is C19H23BrO2. The van der Waals surface area contributed by atoms with Gasteiger partial charge >= 0.3 is 0 Å². The summed E-state index contributed by atoms with van der Waals surface area (Å²) in [5.74, 6) is 3.29. The van der Waals surface area contributed by atoms with Crippen LogP contribution in [-0.2, 0) is 11.2 Å². The molecule has 0 radical (unpaired) electrons. The van der Waals surface area contributed by atoms with Crippen LogP contribution in [0.4, 0.5) is 0 Å². The number of benzene rings is 1. The van der Waals surface area contributed by atoms with Crippen LogP contribution in [-0.4, -0.2) is 17.7 Å². The molecule has 3 aliphatic rings. The summed E-state index contributed by atoms with van der Waals surface area (Å²) in [6.45, 7) is 2.22. The molecule has 118 valence electrons. The van der Waals surface area contributed by atoms with Crippen molar-refractivity contribution in [2.45, 2.75) is 49.8 Å². The van der Waals surface area contributed by atoms with Crippen LogP contribution in [0.3, 0.4) is 0 Å². The van der Waals surface area contributed by atoms with Gasteiger partial charge in [-0.15, -0.1) is 0 Å². The Labute approximate surface area is 140 Å². The zero-order valence-electron chi connectivity index (χ0n) is 13.3. The summed E-state index contributed by atoms with van der Waals surface area (Å²) in [4.78, 5) is 12.7. The minimum Gasteiger partial charge on any atom is -0.497 e. The largest absolute Gasteiger partial charge is 0.497 e. The quantitative estimate of drug-likeness (QED) is 0.687. The Morgan fingerprint density at radius 2 is 2.14 bits per heavy atom. The second-order valence-corrected chi connectivity index (χ2v) is 8.61. The Kier molecular flexibility index (Phi) is 3.41. The van der Waals surface area contributed by atoms with Gasteiger partial charge in [0.05, 0.1) is 11.9 Å². The van der Waals surface area contributed by atoms with Crippen molar-refractivity contribution in [3.8, 4) is 5.75 Å². The highest BCUT2D eigenvalue weighted by Crippen LogP contribution is 2.60. The van der Waals surface area contributed by atoms with Gasteiger partial charge in [-0.2, -0.15) is 0 Å². The van der Waals surface area contributed by atoms with Crippen molar-refractivity contribution in [2.75, 3.05) is 7.11 Å². The molecular weight excluding hydrogens is 340 g/mol. The number of ether oxygens (including phenoxy) is 1. The Morgan fingerprint density at radius 1 is 1.32 bits per heavy atom. The highest BCUT2D eigenvalue weighted by Gasteiger charge is 2.57. The van der Waals surface area contributed by atoms with E-state index in [-0.39, 0.29) is 10.2 Å². The SMILES string of the molecule is COc1ccc2c(c1)CC[C@@H]1[C@@H]2CC[C@]2(C)C(=O)[C@@H](Br)C[C@@H]12. The number of rotatable bonds is 1. The molecule has 22 heavy (non-hydrogen) atoms. The van der Waals surface area contributed by atoms with Crippen LogP contribution >= 0.6 is 15.9 Å². The van der Waals surface area contributed by atoms with Gasteiger partial charge in [-0.1, -0.05) is 28.9 Å². The van der Waals surface area contributed by atoms with Gasteiger partial charge in [0.15, 0.2) is 5.78 Å². The molecule has 3 aliphatic carbocycles. The highest BCUT2D eigenvalue weighted by molar-refractivity contribution is 9.10. The number of hydrogen-bond donors (Lipinski definition) is 0. The van der Waals surface area contributed by atoms with Crippen molar-refractivity contribution in [1.29, 1.82) is 0 Å². The van der Waals surface area contributed by atoms with E-state index in [0.717, 1.165) is 31.4 Å². The molecule has 0 saturated heterocycles. The average molecular weight is 363 g/mol. The van der Waals surface area contributed by atoms with Crippen molar-refractivity contribution >= 4 is 21.7 Å². The van der Waals surface area contributed by atoms with Gasteiger partial charge in [0.25, 0.3) is 0 Å². The maximum absolute atomic E-state index is 12.6. The lowest BCUT2D eigenvalue weighted by molar-refractivity contribution is -0.128. The van der Waals surface area contributed by atoms with E-state index < -0.39 is 0 Å². The molecule has 0 heterocycles. The number of alkyl halides is 1. The lowest BCUT2D eigenvalue weighted by atomic mass is 9.55. The van der Waals surface area contributed by atoms with E-state index >= 15 is 0 Å². The minimum absolute atomic E-state index is 0.0820. The summed E-state index contributed by atoms with van der Waals surface area (Å²) in [5, 5.41) is 0. The van der Waals surface area contributed by atoms with Crippen molar-refractivity contribution in [1.82, 2.24) is 0 Å². The molecule has 2 nitrogen and oxygen atoms in total. The van der Waals surface area contributed by atoms with Crippen molar-refractivity contribution in [2.24, 2.45) is 17.3 Å². The summed E-state index contributed by atoms with van der Waals surface area (Å²) in [7, 11) is 1.74. The van der Waals surface area contributed by atoms with Crippen LogP contribution in [0.2, 0.25) is 0 Å². The van der Waals surface area contributed by atoms with Crippen LogP contribution in [0.5, 0.6) is 5.75 Å². The maximum atomic E-state index is 12.6. The standard InChI is InChI=1S/C19H23BrO2/c1-19-8-7-14-13-6-4-12(22-2)9-11(13)3-5-15(14)16(19)10-17(20)18(19)21/h4,6,9,14-17H,3,5,7-8,10H2,1-2H3/t14-,15-,16+,17+,19+/m1/s1. The van der Waals surface area contributed by atoms with E-state index in [2.05, 4.69) is 41.1 Å². The van der Waals surface area contributed by atoms with E-state index in [1.165, 1.54) is 17.5 Å². The molecule has 0 amide bonds. The van der Waals surface area contributed by atoms with Crippen LogP contribution in [0.1, 0.15) is 49.7 Å². The number of halogens is 1. The molecule has 0 spiro atoms. The smallest absolute Gasteiger partial charge is 0.152 e. The van der Waals surface area contributed by atoms with Crippen LogP contribution in [0, 0.1) is 17.3 Å². The number of ketones is 1. The maximum Gasteiger partial charge on any atom is 0.152 e. The first-order valence-corrected chi connectivity index (χ1v) is 9.31. The van der Waals surface area contributed by atoms with E-state index in [1.54, 1.807) is 7.11 Å². The van der Waals surface area contributed by atoms with E-state index in [9.17, 15) is 4.79 Å². The van der Waals surface area contributed by atoms with Gasteiger partial charge in [-0.25, -0.2) is 0 Å². The van der Waals surface area contributed by atoms with Crippen LogP contribution in [0.15, 0.2) is 18.2 Å². The molecule has 0 aromatic heterocycles. The Morgan fingerprint density at radius 3 is 2.91 bits per heavy atom. The van der Waals surface area contributed by atoms with Gasteiger partial charge in [-0.05, 0) is 73.1 Å². The summed E-state index contributed by atoms with van der Waals surface area (Å²) in [6.07, 6.45) is 5.58. The van der Waals surface area contributed by atoms with Gasteiger partial charge in [-0.3, -0.25) is 4.79 Å². The molecule has 1 aromatic carbocycles. The molecule has 0 bridgehead atoms. The summed E-state index contributed by atoms with van der Waals surface area (Å²) in [6, 6.07) is 6.59. The number of aryl methyl sites for hydroxylation is 1. The fourth-order valence-electron chi connectivity index (χ4n) is 5.43. The number of methoxy groups -OCH3 is 1. The van der Waals surface area contributed by atoms with Crippen molar-refractivity contribution in [3.05, 3.63) is 29.3 Å². The zero-order chi connectivity index (χ0) is 15.5. The number of hydrogen-bond acceptors (Lipinski definition) is 2. The van der Waals surface area contributed by atoms with Gasteiger partial charge in [0.2, 0.25) is 0 Å². The number of fused-ring (bicyclic) bond motifs is 5. The Hall–Kier alpha value is -0.830. The fourth-order valence-corrected chi connectivity index (χ4v) is 6.36. The zero-order valence-corrected chi connectivity index (χ0v) is 14.9. The third kappa shape index (κ3) is 1.94. The van der Waals surface area contributed by atoms with E-state index in [1.807, 2.05) is 0 Å². The van der Waals surface area contributed by atoms with Gasteiger partial charge in [0.1, 0.15) is 5.75 Å². The third-order valence-corrected chi connectivity index (χ3v) is 7.42. The molecule has 2 saturated carbocycles. The number of carbonyl (C=O) groups is 1. The first-order valence-electron chi connectivity index (χ1n) is 8.40. The second kappa shape index (κ2) is 5.09. The van der Waals surface area contributed by atoms with E-state index in [0.29, 0.717) is 23.5 Å². The lowest BCUT2D eigenvalue weighted by Crippen LogP contribution is -2.42. The first kappa shape index (κ1) is 14.7. The van der Waals surface area contributed by atoms with Crippen LogP contribution < -0.4 is 4.74 Å². The van der Waals surface area contributed by atoms with Crippen molar-refractivity contribution in [3.63, 3.8) is 0 Å². The lowest BCUT2D eigenvalue weighted by Gasteiger charge is -2.48. The molecule has 5 atom stereocenters. The fraction of sp³-hybridized carbons (Fsp3) is 0.632. The predicted octanol–water partition coefficient (Wildman–Crippen LogP) is 4.49. The molecule has 2 fully saturated rings. The first-order chi connectivity index (χ1) is 10.5. The Balaban J connectivity index is 1.70. The summed E-state index contributed by atoms with van der Waals surface area (Å²) in [5.41, 5.74) is 2.90. The normalized spacial score (nSPS) is 39.9.